The molecule has 0 fully saturated rings. The van der Waals surface area contributed by atoms with Crippen LogP contribution in [0.15, 0.2) is 36.4 Å². The average molecular weight is 286 g/mol. The summed E-state index contributed by atoms with van der Waals surface area (Å²) in [7, 11) is 0. The third-order valence-corrected chi connectivity index (χ3v) is 3.05. The summed E-state index contributed by atoms with van der Waals surface area (Å²) in [6, 6.07) is 13.1. The van der Waals surface area contributed by atoms with Gasteiger partial charge < -0.3 is 5.32 Å². The molecule has 0 bridgehead atoms. The zero-order chi connectivity index (χ0) is 14.5. The Morgan fingerprint density at radius 1 is 1.05 bits per heavy atom. The highest BCUT2D eigenvalue weighted by Crippen LogP contribution is 2.21. The number of nitrogens with one attached hydrogen (secondary N) is 1. The molecule has 0 unspecified atom stereocenters. The molecule has 0 aliphatic carbocycles. The van der Waals surface area contributed by atoms with Crippen LogP contribution in [-0.4, -0.2) is 0 Å². The number of nitriles is 2. The van der Waals surface area contributed by atoms with Crippen molar-refractivity contribution in [1.82, 2.24) is 0 Å². The largest absolute Gasteiger partial charge is 0.381 e. The van der Waals surface area contributed by atoms with E-state index < -0.39 is 5.82 Å². The highest BCUT2D eigenvalue weighted by Gasteiger charge is 2.04. The molecule has 0 aliphatic heterocycles. The van der Waals surface area contributed by atoms with Gasteiger partial charge in [0.15, 0.2) is 0 Å². The monoisotopic (exact) mass is 285 g/mol. The molecule has 0 saturated heterocycles. The minimum absolute atomic E-state index is 0.0159. The van der Waals surface area contributed by atoms with Gasteiger partial charge in [-0.25, -0.2) is 4.39 Å². The number of anilines is 1. The van der Waals surface area contributed by atoms with Crippen molar-refractivity contribution in [2.24, 2.45) is 0 Å². The summed E-state index contributed by atoms with van der Waals surface area (Å²) in [5.74, 6) is -0.530. The predicted octanol–water partition coefficient (Wildman–Crippen LogP) is 3.83. The van der Waals surface area contributed by atoms with E-state index in [2.05, 4.69) is 5.32 Å². The lowest BCUT2D eigenvalue weighted by Gasteiger charge is -2.08. The standard InChI is InChI=1S/C15H9ClFN3/c16-14-6-13(3-2-11(14)7-18)20-9-10-1-4-15(17)12(5-10)8-19/h1-6,20H,9H2. The van der Waals surface area contributed by atoms with Gasteiger partial charge >= 0.3 is 0 Å². The van der Waals surface area contributed by atoms with Crippen molar-refractivity contribution in [2.45, 2.75) is 6.54 Å². The first-order valence-electron chi connectivity index (χ1n) is 5.76. The molecule has 20 heavy (non-hydrogen) atoms. The second-order valence-electron chi connectivity index (χ2n) is 4.09. The second-order valence-corrected chi connectivity index (χ2v) is 4.49. The molecular formula is C15H9ClFN3. The van der Waals surface area contributed by atoms with Gasteiger partial charge in [-0.15, -0.1) is 0 Å². The number of nitrogens with zero attached hydrogens (tertiary/aromatic N) is 2. The van der Waals surface area contributed by atoms with E-state index in [1.54, 1.807) is 30.3 Å². The quantitative estimate of drug-likeness (QED) is 0.932. The van der Waals surface area contributed by atoms with E-state index in [0.717, 1.165) is 11.3 Å². The normalized spacial score (nSPS) is 9.60. The molecule has 0 amide bonds. The lowest BCUT2D eigenvalue weighted by Crippen LogP contribution is -2.00. The van der Waals surface area contributed by atoms with Crippen LogP contribution in [0, 0.1) is 28.5 Å². The van der Waals surface area contributed by atoms with Crippen molar-refractivity contribution < 1.29 is 4.39 Å². The van der Waals surface area contributed by atoms with Crippen molar-refractivity contribution in [1.29, 1.82) is 10.5 Å². The summed E-state index contributed by atoms with van der Waals surface area (Å²) in [6.07, 6.45) is 0. The van der Waals surface area contributed by atoms with E-state index in [1.807, 2.05) is 6.07 Å². The average Bonchev–Trinajstić information content (AvgIpc) is 2.46. The first-order valence-corrected chi connectivity index (χ1v) is 6.14. The first-order chi connectivity index (χ1) is 9.63. The minimum atomic E-state index is -0.530. The van der Waals surface area contributed by atoms with Crippen LogP contribution < -0.4 is 5.32 Å². The van der Waals surface area contributed by atoms with Crippen molar-refractivity contribution in [3.63, 3.8) is 0 Å². The SMILES string of the molecule is N#Cc1cc(CNc2ccc(C#N)c(Cl)c2)ccc1F. The van der Waals surface area contributed by atoms with Crippen LogP contribution >= 0.6 is 11.6 Å². The van der Waals surface area contributed by atoms with Gasteiger partial charge in [0.25, 0.3) is 0 Å². The maximum absolute atomic E-state index is 13.2. The maximum Gasteiger partial charge on any atom is 0.140 e. The highest BCUT2D eigenvalue weighted by molar-refractivity contribution is 6.32. The molecule has 2 rings (SSSR count). The van der Waals surface area contributed by atoms with Crippen LogP contribution in [0.3, 0.4) is 0 Å². The van der Waals surface area contributed by atoms with Crippen LogP contribution in [0.2, 0.25) is 5.02 Å². The number of hydrogen-bond donors (Lipinski definition) is 1. The number of halogens is 2. The Labute approximate surface area is 120 Å². The highest BCUT2D eigenvalue weighted by atomic mass is 35.5. The van der Waals surface area contributed by atoms with Crippen LogP contribution in [0.25, 0.3) is 0 Å². The lowest BCUT2D eigenvalue weighted by molar-refractivity contribution is 0.623. The fourth-order valence-electron chi connectivity index (χ4n) is 1.69. The van der Waals surface area contributed by atoms with Gasteiger partial charge in [-0.2, -0.15) is 10.5 Å². The van der Waals surface area contributed by atoms with E-state index >= 15 is 0 Å². The maximum atomic E-state index is 13.2. The molecule has 0 spiro atoms. The smallest absolute Gasteiger partial charge is 0.140 e. The first kappa shape index (κ1) is 13.9. The zero-order valence-corrected chi connectivity index (χ0v) is 11.1. The molecule has 5 heteroatoms. The van der Waals surface area contributed by atoms with Gasteiger partial charge in [-0.3, -0.25) is 0 Å². The Balaban J connectivity index is 2.11. The molecule has 98 valence electrons. The topological polar surface area (TPSA) is 59.6 Å². The Morgan fingerprint density at radius 2 is 1.80 bits per heavy atom. The van der Waals surface area contributed by atoms with E-state index in [-0.39, 0.29) is 5.56 Å². The summed E-state index contributed by atoms with van der Waals surface area (Å²) >= 11 is 5.92. The molecule has 0 aromatic heterocycles. The molecule has 0 radical (unpaired) electrons. The van der Waals surface area contributed by atoms with Crippen molar-refractivity contribution in [3.05, 3.63) is 63.9 Å². The minimum Gasteiger partial charge on any atom is -0.381 e. The Bertz CT molecular complexity index is 729. The Hall–Kier alpha value is -2.56. The molecule has 2 aromatic rings. The van der Waals surface area contributed by atoms with Gasteiger partial charge in [-0.05, 0) is 35.9 Å². The fourth-order valence-corrected chi connectivity index (χ4v) is 1.91. The van der Waals surface area contributed by atoms with Crippen molar-refractivity contribution >= 4 is 17.3 Å². The number of rotatable bonds is 3. The van der Waals surface area contributed by atoms with Crippen LogP contribution in [-0.2, 0) is 6.54 Å². The van der Waals surface area contributed by atoms with Gasteiger partial charge in [0, 0.05) is 12.2 Å². The van der Waals surface area contributed by atoms with Crippen LogP contribution in [0.5, 0.6) is 0 Å². The zero-order valence-electron chi connectivity index (χ0n) is 10.3. The van der Waals surface area contributed by atoms with E-state index in [1.165, 1.54) is 12.1 Å². The fraction of sp³-hybridized carbons (Fsp3) is 0.0667. The molecule has 0 heterocycles. The van der Waals surface area contributed by atoms with Crippen LogP contribution in [0.4, 0.5) is 10.1 Å². The lowest BCUT2D eigenvalue weighted by atomic mass is 10.1. The molecular weight excluding hydrogens is 277 g/mol. The third-order valence-electron chi connectivity index (χ3n) is 2.74. The van der Waals surface area contributed by atoms with Crippen molar-refractivity contribution in [2.75, 3.05) is 5.32 Å². The van der Waals surface area contributed by atoms with E-state index in [9.17, 15) is 4.39 Å². The van der Waals surface area contributed by atoms with Gasteiger partial charge in [0.05, 0.1) is 16.1 Å². The molecule has 3 nitrogen and oxygen atoms in total. The summed E-state index contributed by atoms with van der Waals surface area (Å²) in [5, 5.41) is 21.0. The Kier molecular flexibility index (Phi) is 4.20. The van der Waals surface area contributed by atoms with E-state index in [4.69, 9.17) is 22.1 Å². The van der Waals surface area contributed by atoms with Gasteiger partial charge in [0.2, 0.25) is 0 Å². The Morgan fingerprint density at radius 3 is 2.45 bits per heavy atom. The number of hydrogen-bond acceptors (Lipinski definition) is 3. The molecule has 0 saturated carbocycles. The van der Waals surface area contributed by atoms with Gasteiger partial charge in [-0.1, -0.05) is 17.7 Å². The molecule has 0 atom stereocenters. The molecule has 2 aromatic carbocycles. The second kappa shape index (κ2) is 6.06. The summed E-state index contributed by atoms with van der Waals surface area (Å²) < 4.78 is 13.2. The summed E-state index contributed by atoms with van der Waals surface area (Å²) in [5.41, 5.74) is 1.95. The van der Waals surface area contributed by atoms with E-state index in [0.29, 0.717) is 17.1 Å². The third kappa shape index (κ3) is 3.06. The van der Waals surface area contributed by atoms with Crippen LogP contribution in [0.1, 0.15) is 16.7 Å². The number of benzene rings is 2. The van der Waals surface area contributed by atoms with Gasteiger partial charge in [0.1, 0.15) is 18.0 Å². The molecule has 0 aliphatic rings. The summed E-state index contributed by atoms with van der Waals surface area (Å²) in [6.45, 7) is 0.428. The summed E-state index contributed by atoms with van der Waals surface area (Å²) in [4.78, 5) is 0. The van der Waals surface area contributed by atoms with Crippen molar-refractivity contribution in [3.8, 4) is 12.1 Å². The molecule has 1 N–H and O–H groups in total. The predicted molar refractivity (Wildman–Crippen MR) is 74.6 cm³/mol.